The molecule has 4 rings (SSSR count). The summed E-state index contributed by atoms with van der Waals surface area (Å²) in [5.41, 5.74) is 1.46. The van der Waals surface area contributed by atoms with E-state index < -0.39 is 0 Å². The van der Waals surface area contributed by atoms with Gasteiger partial charge in [-0.2, -0.15) is 0 Å². The van der Waals surface area contributed by atoms with Crippen LogP contribution in [0.1, 0.15) is 16.1 Å². The lowest BCUT2D eigenvalue weighted by Crippen LogP contribution is -2.47. The Morgan fingerprint density at radius 2 is 1.82 bits per heavy atom. The van der Waals surface area contributed by atoms with Crippen molar-refractivity contribution in [3.63, 3.8) is 0 Å². The van der Waals surface area contributed by atoms with Gasteiger partial charge in [0, 0.05) is 56.2 Å². The van der Waals surface area contributed by atoms with Crippen molar-refractivity contribution in [3.05, 3.63) is 45.9 Å². The van der Waals surface area contributed by atoms with Crippen molar-refractivity contribution in [1.29, 1.82) is 0 Å². The fourth-order valence-corrected chi connectivity index (χ4v) is 4.32. The van der Waals surface area contributed by atoms with Crippen LogP contribution in [0.3, 0.4) is 0 Å². The Balaban J connectivity index is 1.40. The van der Waals surface area contributed by atoms with Gasteiger partial charge in [0.05, 0.1) is 0 Å². The van der Waals surface area contributed by atoms with E-state index in [1.165, 1.54) is 11.3 Å². The minimum atomic E-state index is -0.0807. The van der Waals surface area contributed by atoms with E-state index in [0.29, 0.717) is 48.6 Å². The van der Waals surface area contributed by atoms with Crippen molar-refractivity contribution < 1.29 is 9.59 Å². The predicted molar refractivity (Wildman–Crippen MR) is 110 cm³/mol. The fourth-order valence-electron chi connectivity index (χ4n) is 3.38. The highest BCUT2D eigenvalue weighted by Crippen LogP contribution is 2.26. The molecule has 1 aromatic heterocycles. The molecule has 0 bridgehead atoms. The number of piperazine rings is 1. The van der Waals surface area contributed by atoms with Gasteiger partial charge in [0.25, 0.3) is 5.91 Å². The van der Waals surface area contributed by atoms with Gasteiger partial charge in [-0.15, -0.1) is 11.3 Å². The lowest BCUT2D eigenvalue weighted by atomic mass is 10.2. The Kier molecular flexibility index (Phi) is 5.52. The fraction of sp³-hybridized carbons (Fsp3) is 0.421. The van der Waals surface area contributed by atoms with Gasteiger partial charge in [-0.05, 0) is 24.7 Å². The Bertz CT molecular complexity index is 863. The van der Waals surface area contributed by atoms with Gasteiger partial charge < -0.3 is 14.7 Å². The summed E-state index contributed by atoms with van der Waals surface area (Å²) in [6.07, 6.45) is 0. The number of benzene rings is 1. The first kappa shape index (κ1) is 19.2. The van der Waals surface area contributed by atoms with Gasteiger partial charge in [0.2, 0.25) is 0 Å². The van der Waals surface area contributed by atoms with Crippen molar-refractivity contribution >= 4 is 40.0 Å². The first-order valence-corrected chi connectivity index (χ1v) is 10.5. The third-order valence-corrected chi connectivity index (χ3v) is 6.23. The summed E-state index contributed by atoms with van der Waals surface area (Å²) in [6.45, 7) is 4.88. The van der Waals surface area contributed by atoms with E-state index in [1.54, 1.807) is 15.2 Å². The lowest BCUT2D eigenvalue weighted by Gasteiger charge is -2.31. The van der Waals surface area contributed by atoms with E-state index in [2.05, 4.69) is 16.9 Å². The number of hydrogen-bond donors (Lipinski definition) is 0. The van der Waals surface area contributed by atoms with E-state index in [4.69, 9.17) is 11.6 Å². The van der Waals surface area contributed by atoms with Gasteiger partial charge in [-0.1, -0.05) is 23.7 Å². The summed E-state index contributed by atoms with van der Waals surface area (Å²) < 4.78 is 0. The maximum Gasteiger partial charge on any atom is 0.326 e. The number of likely N-dealkylation sites (N-methyl/N-ethyl adjacent to an activating group) is 1. The highest BCUT2D eigenvalue weighted by molar-refractivity contribution is 7.14. The smallest absolute Gasteiger partial charge is 0.326 e. The normalized spacial score (nSPS) is 18.2. The molecule has 1 aromatic carbocycles. The SMILES string of the molecule is CN1CCN(C(=O)c2csc(N3CCN(Cc4ccc(Cl)cc4)C3=O)n2)CC1. The molecule has 0 spiro atoms. The largest absolute Gasteiger partial charge is 0.335 e. The monoisotopic (exact) mass is 419 g/mol. The van der Waals surface area contributed by atoms with Crippen LogP contribution in [-0.2, 0) is 6.54 Å². The summed E-state index contributed by atoms with van der Waals surface area (Å²) in [6, 6.07) is 7.42. The van der Waals surface area contributed by atoms with Crippen molar-refractivity contribution in [1.82, 2.24) is 19.7 Å². The molecule has 0 aliphatic carbocycles. The van der Waals surface area contributed by atoms with Gasteiger partial charge in [-0.3, -0.25) is 9.69 Å². The van der Waals surface area contributed by atoms with Gasteiger partial charge in [-0.25, -0.2) is 9.78 Å². The number of rotatable bonds is 4. The molecule has 3 heterocycles. The topological polar surface area (TPSA) is 60.0 Å². The molecule has 28 heavy (non-hydrogen) atoms. The molecule has 3 amide bonds. The lowest BCUT2D eigenvalue weighted by molar-refractivity contribution is 0.0659. The molecule has 148 valence electrons. The Hall–Kier alpha value is -2.16. The predicted octanol–water partition coefficient (Wildman–Crippen LogP) is 2.63. The summed E-state index contributed by atoms with van der Waals surface area (Å²) in [5, 5.41) is 3.02. The quantitative estimate of drug-likeness (QED) is 0.764. The Morgan fingerprint density at radius 1 is 1.11 bits per heavy atom. The zero-order valence-corrected chi connectivity index (χ0v) is 17.2. The van der Waals surface area contributed by atoms with Crippen LogP contribution in [0.5, 0.6) is 0 Å². The van der Waals surface area contributed by atoms with Crippen LogP contribution in [-0.4, -0.2) is 77.9 Å². The standard InChI is InChI=1S/C19H22ClN5O2S/c1-22-6-8-23(9-7-22)17(26)16-13-28-18(21-16)25-11-10-24(19(25)27)12-14-2-4-15(20)5-3-14/h2-5,13H,6-12H2,1H3. The first-order chi connectivity index (χ1) is 13.5. The maximum absolute atomic E-state index is 12.8. The van der Waals surface area contributed by atoms with Crippen LogP contribution in [0, 0.1) is 0 Å². The third kappa shape index (κ3) is 3.99. The summed E-state index contributed by atoms with van der Waals surface area (Å²) in [7, 11) is 2.05. The molecule has 7 nitrogen and oxygen atoms in total. The second-order valence-corrected chi connectivity index (χ2v) is 8.37. The van der Waals surface area contributed by atoms with Gasteiger partial charge in [0.1, 0.15) is 5.69 Å². The first-order valence-electron chi connectivity index (χ1n) is 9.25. The van der Waals surface area contributed by atoms with E-state index in [9.17, 15) is 9.59 Å². The molecule has 0 radical (unpaired) electrons. The molecule has 0 N–H and O–H groups in total. The second kappa shape index (κ2) is 8.06. The summed E-state index contributed by atoms with van der Waals surface area (Å²) in [4.78, 5) is 37.4. The molecule has 2 saturated heterocycles. The van der Waals surface area contributed by atoms with Crippen molar-refractivity contribution in [2.45, 2.75) is 6.54 Å². The number of nitrogens with zero attached hydrogens (tertiary/aromatic N) is 5. The minimum Gasteiger partial charge on any atom is -0.335 e. The van der Waals surface area contributed by atoms with Crippen molar-refractivity contribution in [2.24, 2.45) is 0 Å². The molecule has 9 heteroatoms. The van der Waals surface area contributed by atoms with Crippen molar-refractivity contribution in [3.8, 4) is 0 Å². The molecule has 0 atom stereocenters. The van der Waals surface area contributed by atoms with Crippen LogP contribution >= 0.6 is 22.9 Å². The van der Waals surface area contributed by atoms with Gasteiger partial charge in [0.15, 0.2) is 5.13 Å². The zero-order chi connectivity index (χ0) is 19.7. The van der Waals surface area contributed by atoms with E-state index >= 15 is 0 Å². The third-order valence-electron chi connectivity index (χ3n) is 5.11. The number of carbonyl (C=O) groups excluding carboxylic acids is 2. The Morgan fingerprint density at radius 3 is 2.54 bits per heavy atom. The van der Waals surface area contributed by atoms with E-state index in [-0.39, 0.29) is 11.9 Å². The highest BCUT2D eigenvalue weighted by Gasteiger charge is 2.32. The average molecular weight is 420 g/mol. The van der Waals surface area contributed by atoms with Gasteiger partial charge >= 0.3 is 6.03 Å². The molecule has 2 aromatic rings. The molecule has 2 fully saturated rings. The van der Waals surface area contributed by atoms with E-state index in [1.807, 2.05) is 29.2 Å². The molecule has 0 unspecified atom stereocenters. The number of aromatic nitrogens is 1. The molecule has 2 aliphatic rings. The second-order valence-electron chi connectivity index (χ2n) is 7.09. The number of urea groups is 1. The number of anilines is 1. The average Bonchev–Trinajstić information content (AvgIpc) is 3.31. The molecule has 2 aliphatic heterocycles. The molecule has 0 saturated carbocycles. The van der Waals surface area contributed by atoms with Crippen LogP contribution < -0.4 is 4.90 Å². The number of hydrogen-bond acceptors (Lipinski definition) is 5. The van der Waals surface area contributed by atoms with Crippen LogP contribution in [0.25, 0.3) is 0 Å². The van der Waals surface area contributed by atoms with Crippen LogP contribution in [0.15, 0.2) is 29.6 Å². The zero-order valence-electron chi connectivity index (χ0n) is 15.7. The number of thiazole rings is 1. The van der Waals surface area contributed by atoms with Crippen LogP contribution in [0.2, 0.25) is 5.02 Å². The Labute approximate surface area is 173 Å². The van der Waals surface area contributed by atoms with Crippen LogP contribution in [0.4, 0.5) is 9.93 Å². The maximum atomic E-state index is 12.8. The van der Waals surface area contributed by atoms with E-state index in [0.717, 1.165) is 18.7 Å². The van der Waals surface area contributed by atoms with Crippen molar-refractivity contribution in [2.75, 3.05) is 51.2 Å². The number of halogens is 1. The summed E-state index contributed by atoms with van der Waals surface area (Å²) >= 11 is 7.27. The molecular formula is C19H22ClN5O2S. The minimum absolute atomic E-state index is 0.0553. The molecular weight excluding hydrogens is 398 g/mol. The summed E-state index contributed by atoms with van der Waals surface area (Å²) in [5.74, 6) is -0.0553. The number of carbonyl (C=O) groups is 2. The highest BCUT2D eigenvalue weighted by atomic mass is 35.5. The number of amides is 3.